The van der Waals surface area contributed by atoms with Crippen LogP contribution in [-0.4, -0.2) is 22.7 Å². The summed E-state index contributed by atoms with van der Waals surface area (Å²) in [7, 11) is 0. The normalized spacial score (nSPS) is 12.1. The molecule has 4 nitrogen and oxygen atoms in total. The topological polar surface area (TPSA) is 68.9 Å². The van der Waals surface area contributed by atoms with Gasteiger partial charge in [-0.2, -0.15) is 5.26 Å². The van der Waals surface area contributed by atoms with Crippen molar-refractivity contribution in [1.29, 1.82) is 5.26 Å². The molecule has 1 aromatic heterocycles. The fourth-order valence-electron chi connectivity index (χ4n) is 1.89. The average molecular weight is 241 g/mol. The lowest BCUT2D eigenvalue weighted by atomic mass is 10.1. The molecule has 2 N–H and O–H groups in total. The van der Waals surface area contributed by atoms with Crippen LogP contribution in [0.1, 0.15) is 18.9 Å². The van der Waals surface area contributed by atoms with Crippen LogP contribution in [0.3, 0.4) is 0 Å². The van der Waals surface area contributed by atoms with E-state index in [1.54, 1.807) is 6.20 Å². The lowest BCUT2D eigenvalue weighted by Crippen LogP contribution is -2.17. The van der Waals surface area contributed by atoms with Gasteiger partial charge in [-0.1, -0.05) is 18.2 Å². The molecule has 1 atom stereocenters. The zero-order valence-corrected chi connectivity index (χ0v) is 10.2. The van der Waals surface area contributed by atoms with Crippen LogP contribution in [0.2, 0.25) is 0 Å². The fourth-order valence-corrected chi connectivity index (χ4v) is 1.89. The highest BCUT2D eigenvalue weighted by atomic mass is 16.3. The Balaban J connectivity index is 2.48. The maximum atomic E-state index is 9.14. The maximum absolute atomic E-state index is 9.14. The molecule has 1 unspecified atom stereocenters. The number of fused-ring (bicyclic) bond motifs is 1. The Hall–Kier alpha value is -2.12. The molecule has 2 rings (SSSR count). The number of para-hydroxylation sites is 1. The van der Waals surface area contributed by atoms with Crippen molar-refractivity contribution in [3.05, 3.63) is 36.0 Å². The molecule has 18 heavy (non-hydrogen) atoms. The van der Waals surface area contributed by atoms with Crippen LogP contribution in [-0.2, 0) is 0 Å². The van der Waals surface area contributed by atoms with E-state index < -0.39 is 0 Å². The Morgan fingerprint density at radius 3 is 2.94 bits per heavy atom. The second-order valence-electron chi connectivity index (χ2n) is 4.23. The van der Waals surface area contributed by atoms with Gasteiger partial charge in [0.05, 0.1) is 16.8 Å². The van der Waals surface area contributed by atoms with Crippen molar-refractivity contribution in [2.45, 2.75) is 19.4 Å². The molecule has 1 heterocycles. The summed E-state index contributed by atoms with van der Waals surface area (Å²) in [5.41, 5.74) is 2.18. The van der Waals surface area contributed by atoms with Gasteiger partial charge in [-0.15, -0.1) is 0 Å². The number of hydrogen-bond acceptors (Lipinski definition) is 4. The second-order valence-corrected chi connectivity index (χ2v) is 4.23. The minimum atomic E-state index is 0.105. The number of nitrogens with one attached hydrogen (secondary N) is 1. The zero-order valence-electron chi connectivity index (χ0n) is 10.2. The Bertz CT molecular complexity index is 589. The van der Waals surface area contributed by atoms with Crippen LogP contribution in [0.5, 0.6) is 0 Å². The number of aromatic nitrogens is 1. The number of nitriles is 1. The Labute approximate surface area is 106 Å². The molecule has 4 heteroatoms. The van der Waals surface area contributed by atoms with E-state index in [9.17, 15) is 0 Å². The number of aliphatic hydroxyl groups is 1. The Kier molecular flexibility index (Phi) is 3.75. The first kappa shape index (κ1) is 12.3. The molecule has 0 radical (unpaired) electrons. The smallest absolute Gasteiger partial charge is 0.103 e. The second kappa shape index (κ2) is 5.48. The van der Waals surface area contributed by atoms with Crippen molar-refractivity contribution >= 4 is 16.6 Å². The third-order valence-electron chi connectivity index (χ3n) is 2.85. The van der Waals surface area contributed by atoms with Crippen LogP contribution in [0, 0.1) is 11.3 Å². The zero-order chi connectivity index (χ0) is 13.0. The van der Waals surface area contributed by atoms with Gasteiger partial charge in [0.2, 0.25) is 0 Å². The van der Waals surface area contributed by atoms with E-state index in [-0.39, 0.29) is 12.6 Å². The van der Waals surface area contributed by atoms with Crippen LogP contribution in [0.4, 0.5) is 5.69 Å². The van der Waals surface area contributed by atoms with Gasteiger partial charge < -0.3 is 10.4 Å². The molecule has 0 fully saturated rings. The van der Waals surface area contributed by atoms with Crippen molar-refractivity contribution < 1.29 is 5.11 Å². The van der Waals surface area contributed by atoms with Crippen molar-refractivity contribution in [2.75, 3.05) is 11.9 Å². The number of aliphatic hydroxyl groups excluding tert-OH is 1. The fraction of sp³-hybridized carbons (Fsp3) is 0.286. The number of anilines is 1. The summed E-state index contributed by atoms with van der Waals surface area (Å²) in [5.74, 6) is 0. The first-order chi connectivity index (χ1) is 8.76. The summed E-state index contributed by atoms with van der Waals surface area (Å²) < 4.78 is 0. The van der Waals surface area contributed by atoms with E-state index >= 15 is 0 Å². The molecule has 2 aromatic rings. The molecule has 0 aliphatic heterocycles. The van der Waals surface area contributed by atoms with E-state index in [1.165, 1.54) is 0 Å². The molecule has 0 aliphatic carbocycles. The van der Waals surface area contributed by atoms with Gasteiger partial charge in [-0.3, -0.25) is 4.98 Å². The van der Waals surface area contributed by atoms with Gasteiger partial charge in [0.15, 0.2) is 0 Å². The van der Waals surface area contributed by atoms with Gasteiger partial charge in [0.1, 0.15) is 6.07 Å². The third-order valence-corrected chi connectivity index (χ3v) is 2.85. The van der Waals surface area contributed by atoms with Crippen molar-refractivity contribution in [1.82, 2.24) is 4.98 Å². The summed E-state index contributed by atoms with van der Waals surface area (Å²) in [6, 6.07) is 9.95. The molecule has 1 aromatic carbocycles. The van der Waals surface area contributed by atoms with Crippen molar-refractivity contribution in [3.8, 4) is 6.07 Å². The third kappa shape index (κ3) is 2.41. The molecule has 0 saturated carbocycles. The molecule has 0 saturated heterocycles. The highest BCUT2D eigenvalue weighted by Gasteiger charge is 2.10. The number of hydrogen-bond donors (Lipinski definition) is 2. The van der Waals surface area contributed by atoms with Crippen LogP contribution in [0.15, 0.2) is 30.5 Å². The van der Waals surface area contributed by atoms with Crippen molar-refractivity contribution in [3.63, 3.8) is 0 Å². The van der Waals surface area contributed by atoms with E-state index in [4.69, 9.17) is 10.4 Å². The predicted molar refractivity (Wildman–Crippen MR) is 71.2 cm³/mol. The standard InChI is InChI=1S/C14H15N3O/c1-10(6-7-18)17-14-11(8-15)9-16-13-5-3-2-4-12(13)14/h2-5,9-10,18H,6-7H2,1H3,(H,16,17). The molecular formula is C14H15N3O. The predicted octanol–water partition coefficient (Wildman–Crippen LogP) is 2.29. The Morgan fingerprint density at radius 1 is 1.44 bits per heavy atom. The van der Waals surface area contributed by atoms with E-state index in [0.717, 1.165) is 16.6 Å². The lowest BCUT2D eigenvalue weighted by Gasteiger charge is -2.16. The Morgan fingerprint density at radius 2 is 2.22 bits per heavy atom. The largest absolute Gasteiger partial charge is 0.396 e. The highest BCUT2D eigenvalue weighted by Crippen LogP contribution is 2.26. The van der Waals surface area contributed by atoms with Gasteiger partial charge in [-0.05, 0) is 19.4 Å². The van der Waals surface area contributed by atoms with E-state index in [0.29, 0.717) is 12.0 Å². The highest BCUT2D eigenvalue weighted by molar-refractivity contribution is 5.93. The number of pyridine rings is 1. The average Bonchev–Trinajstić information content (AvgIpc) is 2.39. The summed E-state index contributed by atoms with van der Waals surface area (Å²) >= 11 is 0. The molecule has 0 spiro atoms. The number of nitrogens with zero attached hydrogens (tertiary/aromatic N) is 2. The quantitative estimate of drug-likeness (QED) is 0.861. The maximum Gasteiger partial charge on any atom is 0.103 e. The van der Waals surface area contributed by atoms with Crippen LogP contribution < -0.4 is 5.32 Å². The first-order valence-corrected chi connectivity index (χ1v) is 5.91. The van der Waals surface area contributed by atoms with Gasteiger partial charge >= 0.3 is 0 Å². The van der Waals surface area contributed by atoms with E-state index in [2.05, 4.69) is 16.4 Å². The number of benzene rings is 1. The van der Waals surface area contributed by atoms with Gasteiger partial charge in [0, 0.05) is 24.2 Å². The molecule has 92 valence electrons. The van der Waals surface area contributed by atoms with Crippen LogP contribution in [0.25, 0.3) is 10.9 Å². The summed E-state index contributed by atoms with van der Waals surface area (Å²) in [4.78, 5) is 4.25. The summed E-state index contributed by atoms with van der Waals surface area (Å²) in [6.45, 7) is 2.10. The summed E-state index contributed by atoms with van der Waals surface area (Å²) in [5, 5.41) is 22.3. The summed E-state index contributed by atoms with van der Waals surface area (Å²) in [6.07, 6.45) is 2.22. The SMILES string of the molecule is CC(CCO)Nc1c(C#N)cnc2ccccc12. The first-order valence-electron chi connectivity index (χ1n) is 5.91. The van der Waals surface area contributed by atoms with Gasteiger partial charge in [-0.25, -0.2) is 0 Å². The minimum Gasteiger partial charge on any atom is -0.396 e. The monoisotopic (exact) mass is 241 g/mol. The lowest BCUT2D eigenvalue weighted by molar-refractivity contribution is 0.282. The van der Waals surface area contributed by atoms with E-state index in [1.807, 2.05) is 31.2 Å². The molecule has 0 bridgehead atoms. The van der Waals surface area contributed by atoms with Crippen molar-refractivity contribution in [2.24, 2.45) is 0 Å². The molecular weight excluding hydrogens is 226 g/mol. The minimum absolute atomic E-state index is 0.105. The molecule has 0 aliphatic rings. The molecule has 0 amide bonds. The number of rotatable bonds is 4. The van der Waals surface area contributed by atoms with Gasteiger partial charge in [0.25, 0.3) is 0 Å². The van der Waals surface area contributed by atoms with Crippen LogP contribution >= 0.6 is 0 Å².